The van der Waals surface area contributed by atoms with Crippen LogP contribution in [0.1, 0.15) is 36.6 Å². The van der Waals surface area contributed by atoms with Crippen LogP contribution in [-0.4, -0.2) is 48.9 Å². The first-order valence-electron chi connectivity index (χ1n) is 11.0. The largest absolute Gasteiger partial charge is 0.354 e. The second kappa shape index (κ2) is 9.00. The second-order valence-corrected chi connectivity index (χ2v) is 10.5. The van der Waals surface area contributed by atoms with Gasteiger partial charge in [0.25, 0.3) is 0 Å². The van der Waals surface area contributed by atoms with Gasteiger partial charge in [0.05, 0.1) is 4.90 Å². The van der Waals surface area contributed by atoms with Crippen molar-refractivity contribution >= 4 is 15.8 Å². The van der Waals surface area contributed by atoms with E-state index in [1.54, 1.807) is 28.6 Å². The highest BCUT2D eigenvalue weighted by molar-refractivity contribution is 7.89. The lowest BCUT2D eigenvalue weighted by molar-refractivity contribution is 0.383. The monoisotopic (exact) mass is 450 g/mol. The summed E-state index contributed by atoms with van der Waals surface area (Å²) in [5.74, 6) is 1.90. The molecule has 0 bridgehead atoms. The smallest absolute Gasteiger partial charge is 0.243 e. The number of rotatable bonds is 5. The Morgan fingerprint density at radius 1 is 0.875 bits per heavy atom. The van der Waals surface area contributed by atoms with Crippen molar-refractivity contribution in [1.82, 2.24) is 14.3 Å². The van der Waals surface area contributed by atoms with E-state index < -0.39 is 10.0 Å². The minimum absolute atomic E-state index is 0.266. The number of nitrogens with zero attached hydrogens (tertiary/aromatic N) is 4. The van der Waals surface area contributed by atoms with E-state index in [9.17, 15) is 8.42 Å². The van der Waals surface area contributed by atoms with Gasteiger partial charge < -0.3 is 4.90 Å². The van der Waals surface area contributed by atoms with E-state index in [0.29, 0.717) is 36.9 Å². The van der Waals surface area contributed by atoms with Gasteiger partial charge in [-0.2, -0.15) is 4.31 Å². The van der Waals surface area contributed by atoms with Gasteiger partial charge in [0.15, 0.2) is 5.82 Å². The molecular weight excluding hydrogens is 420 g/mol. The van der Waals surface area contributed by atoms with Crippen molar-refractivity contribution in [3.63, 3.8) is 0 Å². The summed E-state index contributed by atoms with van der Waals surface area (Å²) < 4.78 is 27.6. The standard InChI is InChI=1S/C25H30N4O2S/c1-18(2)23-20(4)26-24(21-10-8-9-19(3)17-21)27-25(23)28-13-15-29(16-14-28)32(30,31)22-11-6-5-7-12-22/h5-12,17-18H,13-16H2,1-4H3. The van der Waals surface area contributed by atoms with E-state index in [4.69, 9.17) is 9.97 Å². The molecule has 0 radical (unpaired) electrons. The summed E-state index contributed by atoms with van der Waals surface area (Å²) >= 11 is 0. The van der Waals surface area contributed by atoms with E-state index in [1.807, 2.05) is 25.1 Å². The molecule has 0 aliphatic carbocycles. The van der Waals surface area contributed by atoms with E-state index in [0.717, 1.165) is 28.2 Å². The summed E-state index contributed by atoms with van der Waals surface area (Å²) in [6.45, 7) is 10.4. The van der Waals surface area contributed by atoms with Gasteiger partial charge in [-0.25, -0.2) is 18.4 Å². The SMILES string of the molecule is Cc1cccc(-c2nc(C)c(C(C)C)c(N3CCN(S(=O)(=O)c4ccccc4)CC3)n2)c1. The Hall–Kier alpha value is -2.77. The zero-order chi connectivity index (χ0) is 22.9. The van der Waals surface area contributed by atoms with Crippen molar-refractivity contribution in [2.24, 2.45) is 0 Å². The van der Waals surface area contributed by atoms with Crippen molar-refractivity contribution in [1.29, 1.82) is 0 Å². The fourth-order valence-electron chi connectivity index (χ4n) is 4.28. The van der Waals surface area contributed by atoms with Gasteiger partial charge >= 0.3 is 0 Å². The predicted molar refractivity (Wildman–Crippen MR) is 128 cm³/mol. The summed E-state index contributed by atoms with van der Waals surface area (Å²) in [5, 5.41) is 0. The molecule has 168 valence electrons. The van der Waals surface area contributed by atoms with Gasteiger partial charge in [-0.3, -0.25) is 0 Å². The molecule has 1 aromatic heterocycles. The topological polar surface area (TPSA) is 66.4 Å². The summed E-state index contributed by atoms with van der Waals surface area (Å²) in [6, 6.07) is 16.9. The van der Waals surface area contributed by atoms with Crippen LogP contribution >= 0.6 is 0 Å². The summed E-state index contributed by atoms with van der Waals surface area (Å²) in [5.41, 5.74) is 4.26. The maximum atomic E-state index is 13.0. The molecule has 0 atom stereocenters. The lowest BCUT2D eigenvalue weighted by Crippen LogP contribution is -2.49. The zero-order valence-corrected chi connectivity index (χ0v) is 19.9. The Kier molecular flexibility index (Phi) is 6.31. The fraction of sp³-hybridized carbons (Fsp3) is 0.360. The number of sulfonamides is 1. The maximum Gasteiger partial charge on any atom is 0.243 e. The first-order valence-corrected chi connectivity index (χ1v) is 12.5. The van der Waals surface area contributed by atoms with Gasteiger partial charge in [-0.05, 0) is 38.0 Å². The van der Waals surface area contributed by atoms with Crippen LogP contribution in [0.5, 0.6) is 0 Å². The van der Waals surface area contributed by atoms with Crippen molar-refractivity contribution in [2.45, 2.75) is 38.5 Å². The van der Waals surface area contributed by atoms with Crippen LogP contribution in [0.2, 0.25) is 0 Å². The molecular formula is C25H30N4O2S. The predicted octanol–water partition coefficient (Wildman–Crippen LogP) is 4.39. The molecule has 0 amide bonds. The molecule has 0 N–H and O–H groups in total. The number of benzene rings is 2. The molecule has 7 heteroatoms. The first kappa shape index (κ1) is 22.4. The summed E-state index contributed by atoms with van der Waals surface area (Å²) in [7, 11) is -3.48. The van der Waals surface area contributed by atoms with E-state index in [-0.39, 0.29) is 5.92 Å². The van der Waals surface area contributed by atoms with Crippen molar-refractivity contribution in [3.05, 3.63) is 71.4 Å². The number of piperazine rings is 1. The fourth-order valence-corrected chi connectivity index (χ4v) is 5.72. The highest BCUT2D eigenvalue weighted by atomic mass is 32.2. The molecule has 1 aliphatic heterocycles. The molecule has 2 heterocycles. The molecule has 3 aromatic rings. The average molecular weight is 451 g/mol. The van der Waals surface area contributed by atoms with Gasteiger partial charge in [0.2, 0.25) is 10.0 Å². The van der Waals surface area contributed by atoms with E-state index in [2.05, 4.69) is 37.8 Å². The number of hydrogen-bond donors (Lipinski definition) is 0. The Bertz CT molecular complexity index is 1200. The lowest BCUT2D eigenvalue weighted by atomic mass is 10.0. The third kappa shape index (κ3) is 4.40. The highest BCUT2D eigenvalue weighted by Gasteiger charge is 2.30. The molecule has 1 saturated heterocycles. The van der Waals surface area contributed by atoms with Crippen molar-refractivity contribution in [3.8, 4) is 11.4 Å². The quantitative estimate of drug-likeness (QED) is 0.577. The van der Waals surface area contributed by atoms with Gasteiger partial charge in [-0.1, -0.05) is 55.8 Å². The first-order chi connectivity index (χ1) is 15.3. The van der Waals surface area contributed by atoms with Crippen LogP contribution in [0.15, 0.2) is 59.5 Å². The number of aryl methyl sites for hydroxylation is 2. The van der Waals surface area contributed by atoms with Crippen molar-refractivity contribution < 1.29 is 8.42 Å². The second-order valence-electron chi connectivity index (χ2n) is 8.60. The Balaban J connectivity index is 1.64. The van der Waals surface area contributed by atoms with Gasteiger partial charge in [-0.15, -0.1) is 0 Å². The molecule has 1 aliphatic rings. The molecule has 0 saturated carbocycles. The van der Waals surface area contributed by atoms with Crippen LogP contribution in [0.4, 0.5) is 5.82 Å². The maximum absolute atomic E-state index is 13.0. The summed E-state index contributed by atoms with van der Waals surface area (Å²) in [6.07, 6.45) is 0. The van der Waals surface area contributed by atoms with E-state index in [1.165, 1.54) is 0 Å². The normalized spacial score (nSPS) is 15.3. The molecule has 2 aromatic carbocycles. The molecule has 1 fully saturated rings. The third-order valence-electron chi connectivity index (χ3n) is 5.89. The lowest BCUT2D eigenvalue weighted by Gasteiger charge is -2.36. The Morgan fingerprint density at radius 2 is 1.56 bits per heavy atom. The van der Waals surface area contributed by atoms with Crippen molar-refractivity contribution in [2.75, 3.05) is 31.1 Å². The number of hydrogen-bond acceptors (Lipinski definition) is 5. The van der Waals surface area contributed by atoms with Gasteiger partial charge in [0, 0.05) is 43.0 Å². The minimum atomic E-state index is -3.48. The molecule has 0 spiro atoms. The molecule has 4 rings (SSSR count). The highest BCUT2D eigenvalue weighted by Crippen LogP contribution is 2.32. The molecule has 6 nitrogen and oxygen atoms in total. The number of aromatic nitrogens is 2. The Morgan fingerprint density at radius 3 is 2.19 bits per heavy atom. The Labute approximate surface area is 191 Å². The summed E-state index contributed by atoms with van der Waals surface area (Å²) in [4.78, 5) is 12.3. The molecule has 32 heavy (non-hydrogen) atoms. The van der Waals surface area contributed by atoms with Crippen LogP contribution in [-0.2, 0) is 10.0 Å². The van der Waals surface area contributed by atoms with Crippen LogP contribution in [0.25, 0.3) is 11.4 Å². The average Bonchev–Trinajstić information content (AvgIpc) is 2.79. The van der Waals surface area contributed by atoms with Crippen LogP contribution in [0.3, 0.4) is 0 Å². The third-order valence-corrected chi connectivity index (χ3v) is 7.80. The number of anilines is 1. The van der Waals surface area contributed by atoms with Crippen LogP contribution < -0.4 is 4.90 Å². The minimum Gasteiger partial charge on any atom is -0.354 e. The van der Waals surface area contributed by atoms with Crippen LogP contribution in [0, 0.1) is 13.8 Å². The molecule has 0 unspecified atom stereocenters. The zero-order valence-electron chi connectivity index (χ0n) is 19.1. The van der Waals surface area contributed by atoms with Gasteiger partial charge in [0.1, 0.15) is 5.82 Å². The van der Waals surface area contributed by atoms with E-state index >= 15 is 0 Å².